The van der Waals surface area contributed by atoms with Crippen molar-refractivity contribution in [3.8, 4) is 0 Å². The van der Waals surface area contributed by atoms with Crippen molar-refractivity contribution in [2.45, 2.75) is 32.2 Å². The van der Waals surface area contributed by atoms with Crippen LogP contribution in [-0.2, 0) is 14.4 Å². The average Bonchev–Trinajstić information content (AvgIpc) is 2.51. The summed E-state index contributed by atoms with van der Waals surface area (Å²) in [7, 11) is 0. The van der Waals surface area contributed by atoms with Crippen molar-refractivity contribution in [3.05, 3.63) is 24.3 Å². The van der Waals surface area contributed by atoms with E-state index in [1.165, 1.54) is 4.90 Å². The lowest BCUT2D eigenvalue weighted by Crippen LogP contribution is -2.49. The third kappa shape index (κ3) is 4.29. The Hall–Kier alpha value is -2.41. The predicted octanol–water partition coefficient (Wildman–Crippen LogP) is 0.605. The van der Waals surface area contributed by atoms with Gasteiger partial charge in [-0.1, -0.05) is 12.1 Å². The topological polar surface area (TPSA) is 105 Å². The Morgan fingerprint density at radius 2 is 2.00 bits per heavy atom. The first kappa shape index (κ1) is 17.0. The molecule has 4 N–H and O–H groups in total. The second-order valence-corrected chi connectivity index (χ2v) is 6.18. The van der Waals surface area contributed by atoms with Gasteiger partial charge < -0.3 is 21.3 Å². The van der Waals surface area contributed by atoms with E-state index in [9.17, 15) is 14.4 Å². The van der Waals surface area contributed by atoms with Crippen LogP contribution in [0.1, 0.15) is 26.7 Å². The molecule has 1 aliphatic heterocycles. The number of anilines is 2. The smallest absolute Gasteiger partial charge is 0.244 e. The molecule has 7 heteroatoms. The number of para-hydroxylation sites is 2. The van der Waals surface area contributed by atoms with Crippen LogP contribution in [0.3, 0.4) is 0 Å². The Morgan fingerprint density at radius 1 is 1.30 bits per heavy atom. The highest BCUT2D eigenvalue weighted by Crippen LogP contribution is 2.29. The van der Waals surface area contributed by atoms with Gasteiger partial charge in [0.05, 0.1) is 11.4 Å². The number of carbonyl (C=O) groups is 3. The number of fused-ring (bicyclic) bond motifs is 1. The second kappa shape index (κ2) is 6.78. The maximum absolute atomic E-state index is 12.4. The maximum Gasteiger partial charge on any atom is 0.244 e. The van der Waals surface area contributed by atoms with E-state index in [0.717, 1.165) is 0 Å². The molecule has 1 aromatic rings. The average molecular weight is 318 g/mol. The minimum Gasteiger partial charge on any atom is -0.350 e. The van der Waals surface area contributed by atoms with Crippen molar-refractivity contribution in [1.82, 2.24) is 5.32 Å². The van der Waals surface area contributed by atoms with Crippen molar-refractivity contribution in [2.24, 2.45) is 5.73 Å². The van der Waals surface area contributed by atoms with Gasteiger partial charge in [-0.2, -0.15) is 0 Å². The summed E-state index contributed by atoms with van der Waals surface area (Å²) < 4.78 is 0. The Labute approximate surface area is 135 Å². The van der Waals surface area contributed by atoms with Crippen molar-refractivity contribution in [3.63, 3.8) is 0 Å². The fourth-order valence-electron chi connectivity index (χ4n) is 2.30. The predicted molar refractivity (Wildman–Crippen MR) is 87.9 cm³/mol. The van der Waals surface area contributed by atoms with Crippen molar-refractivity contribution >= 4 is 29.1 Å². The largest absolute Gasteiger partial charge is 0.350 e. The SMILES string of the molecule is CC(C)(CN)NC(=O)CCC(=O)N1CC(=O)Nc2ccccc21. The Kier molecular flexibility index (Phi) is 5.00. The van der Waals surface area contributed by atoms with Gasteiger partial charge >= 0.3 is 0 Å². The molecule has 1 aromatic carbocycles. The van der Waals surface area contributed by atoms with E-state index in [1.807, 2.05) is 13.8 Å². The van der Waals surface area contributed by atoms with E-state index in [2.05, 4.69) is 10.6 Å². The number of nitrogens with zero attached hydrogens (tertiary/aromatic N) is 1. The highest BCUT2D eigenvalue weighted by molar-refractivity contribution is 6.10. The molecule has 0 fully saturated rings. The Bertz CT molecular complexity index is 628. The van der Waals surface area contributed by atoms with Gasteiger partial charge in [0.1, 0.15) is 6.54 Å². The molecular weight excluding hydrogens is 296 g/mol. The van der Waals surface area contributed by atoms with E-state index < -0.39 is 5.54 Å². The van der Waals surface area contributed by atoms with Gasteiger partial charge in [0, 0.05) is 24.9 Å². The Morgan fingerprint density at radius 3 is 2.70 bits per heavy atom. The summed E-state index contributed by atoms with van der Waals surface area (Å²) in [4.78, 5) is 37.4. The molecular formula is C16H22N4O3. The maximum atomic E-state index is 12.4. The molecule has 7 nitrogen and oxygen atoms in total. The summed E-state index contributed by atoms with van der Waals surface area (Å²) in [5.41, 5.74) is 6.31. The fraction of sp³-hybridized carbons (Fsp3) is 0.438. The molecule has 0 atom stereocenters. The molecule has 124 valence electrons. The van der Waals surface area contributed by atoms with Crippen LogP contribution in [0.25, 0.3) is 0 Å². The van der Waals surface area contributed by atoms with Crippen LogP contribution < -0.4 is 21.3 Å². The van der Waals surface area contributed by atoms with Crippen LogP contribution in [-0.4, -0.2) is 36.3 Å². The van der Waals surface area contributed by atoms with E-state index >= 15 is 0 Å². The van der Waals surface area contributed by atoms with Crippen molar-refractivity contribution in [2.75, 3.05) is 23.3 Å². The molecule has 0 saturated heterocycles. The van der Waals surface area contributed by atoms with Crippen LogP contribution in [0.5, 0.6) is 0 Å². The monoisotopic (exact) mass is 318 g/mol. The van der Waals surface area contributed by atoms with E-state index in [4.69, 9.17) is 5.73 Å². The molecule has 3 amide bonds. The summed E-state index contributed by atoms with van der Waals surface area (Å²) in [6.45, 7) is 3.91. The number of hydrogen-bond acceptors (Lipinski definition) is 4. The van der Waals surface area contributed by atoms with Crippen molar-refractivity contribution in [1.29, 1.82) is 0 Å². The van der Waals surface area contributed by atoms with E-state index in [1.54, 1.807) is 24.3 Å². The van der Waals surface area contributed by atoms with Crippen LogP contribution in [0.15, 0.2) is 24.3 Å². The van der Waals surface area contributed by atoms with Crippen LogP contribution in [0.4, 0.5) is 11.4 Å². The van der Waals surface area contributed by atoms with Crippen LogP contribution in [0.2, 0.25) is 0 Å². The zero-order chi connectivity index (χ0) is 17.0. The number of rotatable bonds is 5. The zero-order valence-electron chi connectivity index (χ0n) is 13.4. The first-order valence-electron chi connectivity index (χ1n) is 7.53. The molecule has 2 rings (SSSR count). The Balaban J connectivity index is 1.99. The quantitative estimate of drug-likeness (QED) is 0.739. The summed E-state index contributed by atoms with van der Waals surface area (Å²) >= 11 is 0. The van der Waals surface area contributed by atoms with Gasteiger partial charge in [-0.3, -0.25) is 14.4 Å². The molecule has 0 unspecified atom stereocenters. The van der Waals surface area contributed by atoms with E-state index in [-0.39, 0.29) is 37.1 Å². The van der Waals surface area contributed by atoms with Crippen molar-refractivity contribution < 1.29 is 14.4 Å². The summed E-state index contributed by atoms with van der Waals surface area (Å²) in [5, 5.41) is 5.50. The normalized spacial score (nSPS) is 14.0. The van der Waals surface area contributed by atoms with Gasteiger partial charge in [-0.25, -0.2) is 0 Å². The minimum atomic E-state index is -0.502. The van der Waals surface area contributed by atoms with Gasteiger partial charge in [-0.05, 0) is 26.0 Å². The fourth-order valence-corrected chi connectivity index (χ4v) is 2.30. The molecule has 0 bridgehead atoms. The second-order valence-electron chi connectivity index (χ2n) is 6.18. The number of nitrogens with two attached hydrogens (primary N) is 1. The molecule has 0 aliphatic carbocycles. The van der Waals surface area contributed by atoms with Gasteiger partial charge in [-0.15, -0.1) is 0 Å². The third-order valence-corrected chi connectivity index (χ3v) is 3.63. The molecule has 1 aliphatic rings. The highest BCUT2D eigenvalue weighted by atomic mass is 16.2. The van der Waals surface area contributed by atoms with Gasteiger partial charge in [0.25, 0.3) is 0 Å². The standard InChI is InChI=1S/C16H22N4O3/c1-16(2,10-17)19-13(21)7-8-15(23)20-9-14(22)18-11-5-3-4-6-12(11)20/h3-6H,7-10,17H2,1-2H3,(H,18,22)(H,19,21). The molecule has 1 heterocycles. The summed E-state index contributed by atoms with van der Waals surface area (Å²) in [5.74, 6) is -0.734. The third-order valence-electron chi connectivity index (χ3n) is 3.63. The molecule has 0 saturated carbocycles. The van der Waals surface area contributed by atoms with E-state index in [0.29, 0.717) is 17.9 Å². The van der Waals surface area contributed by atoms with Crippen LogP contribution in [0, 0.1) is 0 Å². The zero-order valence-corrected chi connectivity index (χ0v) is 13.4. The number of hydrogen-bond donors (Lipinski definition) is 3. The lowest BCUT2D eigenvalue weighted by atomic mass is 10.1. The molecule has 0 spiro atoms. The summed E-state index contributed by atoms with van der Waals surface area (Å²) in [6, 6.07) is 7.09. The lowest BCUT2D eigenvalue weighted by molar-refractivity contribution is -0.126. The first-order valence-corrected chi connectivity index (χ1v) is 7.53. The molecule has 0 radical (unpaired) electrons. The first-order chi connectivity index (χ1) is 10.8. The molecule has 0 aromatic heterocycles. The van der Waals surface area contributed by atoms with Gasteiger partial charge in [0.2, 0.25) is 17.7 Å². The summed E-state index contributed by atoms with van der Waals surface area (Å²) in [6.07, 6.45) is 0.0939. The van der Waals surface area contributed by atoms with Gasteiger partial charge in [0.15, 0.2) is 0 Å². The number of carbonyl (C=O) groups excluding carboxylic acids is 3. The number of nitrogens with one attached hydrogen (secondary N) is 2. The number of amides is 3. The lowest BCUT2D eigenvalue weighted by Gasteiger charge is -2.29. The number of benzene rings is 1. The van der Waals surface area contributed by atoms with Crippen LogP contribution >= 0.6 is 0 Å². The highest BCUT2D eigenvalue weighted by Gasteiger charge is 2.27. The molecule has 23 heavy (non-hydrogen) atoms. The minimum absolute atomic E-state index is 0.0358.